The molecule has 0 aromatic heterocycles. The lowest BCUT2D eigenvalue weighted by molar-refractivity contribution is -0.253. The van der Waals surface area contributed by atoms with Crippen molar-refractivity contribution in [2.24, 2.45) is 0 Å². The third kappa shape index (κ3) is 5.23. The van der Waals surface area contributed by atoms with Gasteiger partial charge in [-0.1, -0.05) is 30.3 Å². The average molecular weight is 352 g/mol. The van der Waals surface area contributed by atoms with Crippen LogP contribution in [0.2, 0.25) is 0 Å². The van der Waals surface area contributed by atoms with Crippen LogP contribution in [-0.2, 0) is 25.7 Å². The quantitative estimate of drug-likeness (QED) is 0.537. The van der Waals surface area contributed by atoms with E-state index in [0.29, 0.717) is 0 Å². The van der Waals surface area contributed by atoms with Crippen LogP contribution in [0.5, 0.6) is 0 Å². The van der Waals surface area contributed by atoms with Crippen LogP contribution in [0.25, 0.3) is 0 Å². The number of hydrogen-bond donors (Lipinski definition) is 4. The Hall–Kier alpha value is -2.00. The molecule has 2 rings (SSSR count). The van der Waals surface area contributed by atoms with E-state index in [9.17, 15) is 19.8 Å². The van der Waals surface area contributed by atoms with Crippen molar-refractivity contribution in [3.8, 4) is 0 Å². The first-order valence-electron chi connectivity index (χ1n) is 8.06. The van der Waals surface area contributed by atoms with Gasteiger partial charge in [0.15, 0.2) is 6.29 Å². The number of amides is 2. The first-order valence-corrected chi connectivity index (χ1v) is 8.06. The molecule has 8 nitrogen and oxygen atoms in total. The van der Waals surface area contributed by atoms with Gasteiger partial charge in [-0.15, -0.1) is 0 Å². The van der Waals surface area contributed by atoms with E-state index in [2.05, 4.69) is 10.6 Å². The van der Waals surface area contributed by atoms with Crippen molar-refractivity contribution in [1.29, 1.82) is 0 Å². The zero-order valence-corrected chi connectivity index (χ0v) is 14.2. The van der Waals surface area contributed by atoms with E-state index in [1.165, 1.54) is 13.8 Å². The fraction of sp³-hybridized carbons (Fsp3) is 0.529. The van der Waals surface area contributed by atoms with E-state index in [4.69, 9.17) is 9.47 Å². The Morgan fingerprint density at radius 1 is 1.12 bits per heavy atom. The van der Waals surface area contributed by atoms with Gasteiger partial charge in [-0.25, -0.2) is 0 Å². The Bertz CT molecular complexity index is 582. The van der Waals surface area contributed by atoms with E-state index < -0.39 is 37.2 Å². The molecule has 0 spiro atoms. The largest absolute Gasteiger partial charge is 0.394 e. The Morgan fingerprint density at radius 3 is 2.28 bits per heavy atom. The summed E-state index contributed by atoms with van der Waals surface area (Å²) in [6.07, 6.45) is -3.08. The maximum Gasteiger partial charge on any atom is 0.217 e. The SMILES string of the molecule is CC(=O)N[C@@H]1[C@H](OCc2ccccc2)O[C@H](CO)[C@@H](O)[C@@H]1NC(C)=O. The summed E-state index contributed by atoms with van der Waals surface area (Å²) in [7, 11) is 0. The van der Waals surface area contributed by atoms with E-state index in [-0.39, 0.29) is 18.4 Å². The Balaban J connectivity index is 2.19. The fourth-order valence-electron chi connectivity index (χ4n) is 2.80. The van der Waals surface area contributed by atoms with Crippen LogP contribution in [0.4, 0.5) is 0 Å². The lowest BCUT2D eigenvalue weighted by Crippen LogP contribution is -2.69. The normalized spacial score (nSPS) is 29.0. The molecule has 5 atom stereocenters. The molecule has 0 radical (unpaired) electrons. The van der Waals surface area contributed by atoms with Gasteiger partial charge in [0.1, 0.15) is 18.2 Å². The molecule has 0 unspecified atom stereocenters. The second-order valence-corrected chi connectivity index (χ2v) is 5.97. The molecular formula is C17H24N2O6. The van der Waals surface area contributed by atoms with Crippen molar-refractivity contribution < 1.29 is 29.3 Å². The van der Waals surface area contributed by atoms with Crippen LogP contribution in [-0.4, -0.2) is 59.2 Å². The summed E-state index contributed by atoms with van der Waals surface area (Å²) < 4.78 is 11.4. The minimum atomic E-state index is -1.19. The zero-order chi connectivity index (χ0) is 18.4. The number of carbonyl (C=O) groups excluding carboxylic acids is 2. The van der Waals surface area contributed by atoms with Gasteiger partial charge in [0, 0.05) is 13.8 Å². The van der Waals surface area contributed by atoms with Crippen molar-refractivity contribution in [1.82, 2.24) is 10.6 Å². The molecular weight excluding hydrogens is 328 g/mol. The van der Waals surface area contributed by atoms with Gasteiger partial charge in [-0.05, 0) is 5.56 Å². The fourth-order valence-corrected chi connectivity index (χ4v) is 2.80. The second-order valence-electron chi connectivity index (χ2n) is 5.97. The zero-order valence-electron chi connectivity index (χ0n) is 14.2. The highest BCUT2D eigenvalue weighted by atomic mass is 16.7. The van der Waals surface area contributed by atoms with Gasteiger partial charge in [0.2, 0.25) is 11.8 Å². The molecule has 1 heterocycles. The molecule has 1 saturated heterocycles. The van der Waals surface area contributed by atoms with E-state index in [1.807, 2.05) is 30.3 Å². The highest BCUT2D eigenvalue weighted by Gasteiger charge is 2.46. The molecule has 0 bridgehead atoms. The van der Waals surface area contributed by atoms with Gasteiger partial charge in [-0.3, -0.25) is 9.59 Å². The molecule has 2 amide bonds. The number of rotatable bonds is 6. The molecule has 25 heavy (non-hydrogen) atoms. The summed E-state index contributed by atoms with van der Waals surface area (Å²) in [6, 6.07) is 7.71. The Labute approximate surface area is 146 Å². The third-order valence-electron chi connectivity index (χ3n) is 3.91. The van der Waals surface area contributed by atoms with Crippen molar-refractivity contribution in [3.63, 3.8) is 0 Å². The number of carbonyl (C=O) groups is 2. The summed E-state index contributed by atoms with van der Waals surface area (Å²) in [5, 5.41) is 25.1. The smallest absolute Gasteiger partial charge is 0.217 e. The monoisotopic (exact) mass is 352 g/mol. The van der Waals surface area contributed by atoms with Crippen LogP contribution in [0.15, 0.2) is 30.3 Å². The summed E-state index contributed by atoms with van der Waals surface area (Å²) in [4.78, 5) is 23.0. The molecule has 0 saturated carbocycles. The van der Waals surface area contributed by atoms with Crippen LogP contribution >= 0.6 is 0 Å². The number of aliphatic hydroxyl groups is 2. The van der Waals surface area contributed by atoms with Crippen molar-refractivity contribution in [2.45, 2.75) is 51.0 Å². The van der Waals surface area contributed by atoms with Crippen LogP contribution in [0.1, 0.15) is 19.4 Å². The first-order chi connectivity index (χ1) is 11.9. The topological polar surface area (TPSA) is 117 Å². The summed E-state index contributed by atoms with van der Waals surface area (Å²) >= 11 is 0. The van der Waals surface area contributed by atoms with E-state index >= 15 is 0 Å². The molecule has 138 valence electrons. The molecule has 0 aliphatic carbocycles. The highest BCUT2D eigenvalue weighted by Crippen LogP contribution is 2.23. The maximum atomic E-state index is 11.6. The van der Waals surface area contributed by atoms with Crippen molar-refractivity contribution in [2.75, 3.05) is 6.61 Å². The lowest BCUT2D eigenvalue weighted by atomic mass is 9.94. The van der Waals surface area contributed by atoms with Gasteiger partial charge < -0.3 is 30.3 Å². The van der Waals surface area contributed by atoms with E-state index in [1.54, 1.807) is 0 Å². The summed E-state index contributed by atoms with van der Waals surface area (Å²) in [5.74, 6) is -0.730. The third-order valence-corrected chi connectivity index (χ3v) is 3.91. The molecule has 1 aliphatic heterocycles. The molecule has 1 fully saturated rings. The highest BCUT2D eigenvalue weighted by molar-refractivity contribution is 5.75. The lowest BCUT2D eigenvalue weighted by Gasteiger charge is -2.44. The maximum absolute atomic E-state index is 11.6. The van der Waals surface area contributed by atoms with Crippen LogP contribution in [0, 0.1) is 0 Å². The number of aliphatic hydroxyl groups excluding tert-OH is 2. The number of benzene rings is 1. The van der Waals surface area contributed by atoms with Crippen molar-refractivity contribution in [3.05, 3.63) is 35.9 Å². The first kappa shape index (κ1) is 19.3. The minimum absolute atomic E-state index is 0.211. The van der Waals surface area contributed by atoms with E-state index in [0.717, 1.165) is 5.56 Å². The molecule has 1 aliphatic rings. The summed E-state index contributed by atoms with van der Waals surface area (Å²) in [5.41, 5.74) is 0.899. The Morgan fingerprint density at radius 2 is 1.72 bits per heavy atom. The van der Waals surface area contributed by atoms with Gasteiger partial charge in [0.25, 0.3) is 0 Å². The number of ether oxygens (including phenoxy) is 2. The van der Waals surface area contributed by atoms with Crippen LogP contribution in [0.3, 0.4) is 0 Å². The number of nitrogens with one attached hydrogen (secondary N) is 2. The van der Waals surface area contributed by atoms with Crippen molar-refractivity contribution >= 4 is 11.8 Å². The van der Waals surface area contributed by atoms with Crippen LogP contribution < -0.4 is 10.6 Å². The average Bonchev–Trinajstić information content (AvgIpc) is 2.57. The molecule has 8 heteroatoms. The summed E-state index contributed by atoms with van der Waals surface area (Å²) in [6.45, 7) is 2.39. The van der Waals surface area contributed by atoms with Gasteiger partial charge in [-0.2, -0.15) is 0 Å². The predicted octanol–water partition coefficient (Wildman–Crippen LogP) is -0.709. The predicted molar refractivity (Wildman–Crippen MR) is 88.2 cm³/mol. The molecule has 1 aromatic carbocycles. The number of hydrogen-bond acceptors (Lipinski definition) is 6. The minimum Gasteiger partial charge on any atom is -0.394 e. The second kappa shape index (κ2) is 8.91. The standard InChI is InChI=1S/C17H24N2O6/c1-10(21)18-14-15(19-11(2)22)17(25-13(8-20)16(14)23)24-9-12-6-4-3-5-7-12/h3-7,13-17,20,23H,8-9H2,1-2H3,(H,18,21)(H,19,22)/t13-,14-,15+,16-,17-/m1/s1. The molecule has 1 aromatic rings. The van der Waals surface area contributed by atoms with Gasteiger partial charge in [0.05, 0.1) is 19.3 Å². The molecule has 4 N–H and O–H groups in total. The van der Waals surface area contributed by atoms with Gasteiger partial charge >= 0.3 is 0 Å². The Kier molecular flexibility index (Phi) is 6.89.